The van der Waals surface area contributed by atoms with Crippen molar-refractivity contribution in [2.45, 2.75) is 20.8 Å². The first kappa shape index (κ1) is 9.76. The molecular formula is C8H14OS. The van der Waals surface area contributed by atoms with E-state index in [1.165, 1.54) is 11.8 Å². The van der Waals surface area contributed by atoms with Crippen LogP contribution in [0.1, 0.15) is 20.8 Å². The highest BCUT2D eigenvalue weighted by Crippen LogP contribution is 2.09. The van der Waals surface area contributed by atoms with Gasteiger partial charge in [-0.2, -0.15) is 0 Å². The van der Waals surface area contributed by atoms with E-state index >= 15 is 0 Å². The second kappa shape index (κ2) is 4.56. The zero-order valence-electron chi connectivity index (χ0n) is 6.97. The Morgan fingerprint density at radius 1 is 1.50 bits per heavy atom. The van der Waals surface area contributed by atoms with Crippen molar-refractivity contribution in [3.63, 3.8) is 0 Å². The summed E-state index contributed by atoms with van der Waals surface area (Å²) in [7, 11) is 0. The Balaban J connectivity index is 4.03. The summed E-state index contributed by atoms with van der Waals surface area (Å²) in [5.74, 6) is 0.482. The van der Waals surface area contributed by atoms with Crippen molar-refractivity contribution in [3.8, 4) is 0 Å². The molecule has 0 bridgehead atoms. The SMILES string of the molecule is CSC(=O)/C=C(\C)C(C)C. The number of hydrogen-bond donors (Lipinski definition) is 0. The molecular weight excluding hydrogens is 144 g/mol. The van der Waals surface area contributed by atoms with Gasteiger partial charge in [0.25, 0.3) is 0 Å². The number of rotatable bonds is 2. The molecule has 0 aromatic carbocycles. The molecule has 2 heteroatoms. The van der Waals surface area contributed by atoms with Crippen LogP contribution in [0.25, 0.3) is 0 Å². The second-order valence-electron chi connectivity index (χ2n) is 2.57. The first-order chi connectivity index (χ1) is 4.57. The van der Waals surface area contributed by atoms with Crippen LogP contribution in [0.2, 0.25) is 0 Å². The summed E-state index contributed by atoms with van der Waals surface area (Å²) in [5, 5.41) is 0.145. The fourth-order valence-electron chi connectivity index (χ4n) is 0.411. The maximum absolute atomic E-state index is 10.8. The van der Waals surface area contributed by atoms with E-state index in [1.54, 1.807) is 12.3 Å². The molecule has 0 aliphatic carbocycles. The molecule has 0 aromatic heterocycles. The van der Waals surface area contributed by atoms with E-state index in [2.05, 4.69) is 13.8 Å². The van der Waals surface area contributed by atoms with Gasteiger partial charge in [0.05, 0.1) is 0 Å². The van der Waals surface area contributed by atoms with Crippen LogP contribution >= 0.6 is 11.8 Å². The van der Waals surface area contributed by atoms with E-state index in [0.717, 1.165) is 5.57 Å². The average Bonchev–Trinajstić information content (AvgIpc) is 1.87. The molecule has 0 rings (SSSR count). The van der Waals surface area contributed by atoms with Crippen LogP contribution in [0.3, 0.4) is 0 Å². The molecule has 0 saturated carbocycles. The predicted molar refractivity (Wildman–Crippen MR) is 47.1 cm³/mol. The minimum absolute atomic E-state index is 0.145. The molecule has 0 atom stereocenters. The number of carbonyl (C=O) groups is 1. The molecule has 0 N–H and O–H groups in total. The normalized spacial score (nSPS) is 12.3. The molecule has 0 fully saturated rings. The van der Waals surface area contributed by atoms with Crippen molar-refractivity contribution in [1.82, 2.24) is 0 Å². The molecule has 0 aromatic rings. The lowest BCUT2D eigenvalue weighted by Crippen LogP contribution is -1.92. The monoisotopic (exact) mass is 158 g/mol. The van der Waals surface area contributed by atoms with Crippen LogP contribution in [0.5, 0.6) is 0 Å². The van der Waals surface area contributed by atoms with Gasteiger partial charge >= 0.3 is 0 Å². The first-order valence-corrected chi connectivity index (χ1v) is 4.56. The van der Waals surface area contributed by atoms with Gasteiger partial charge < -0.3 is 0 Å². The second-order valence-corrected chi connectivity index (χ2v) is 3.38. The van der Waals surface area contributed by atoms with Gasteiger partial charge in [0.2, 0.25) is 5.12 Å². The van der Waals surface area contributed by atoms with E-state index in [1.807, 2.05) is 6.92 Å². The van der Waals surface area contributed by atoms with E-state index < -0.39 is 0 Å². The van der Waals surface area contributed by atoms with Crippen molar-refractivity contribution in [2.75, 3.05) is 6.26 Å². The van der Waals surface area contributed by atoms with Crippen molar-refractivity contribution in [1.29, 1.82) is 0 Å². The number of hydrogen-bond acceptors (Lipinski definition) is 2. The summed E-state index contributed by atoms with van der Waals surface area (Å²) >= 11 is 1.26. The highest BCUT2D eigenvalue weighted by molar-refractivity contribution is 8.13. The number of carbonyl (C=O) groups excluding carboxylic acids is 1. The molecule has 0 aliphatic rings. The Bertz CT molecular complexity index is 147. The first-order valence-electron chi connectivity index (χ1n) is 3.34. The topological polar surface area (TPSA) is 17.1 Å². The molecule has 0 heterocycles. The summed E-state index contributed by atoms with van der Waals surface area (Å²) in [6.07, 6.45) is 3.50. The third-order valence-corrected chi connectivity index (χ3v) is 1.98. The van der Waals surface area contributed by atoms with E-state index in [0.29, 0.717) is 5.92 Å². The summed E-state index contributed by atoms with van der Waals surface area (Å²) in [5.41, 5.74) is 1.15. The number of thioether (sulfide) groups is 1. The van der Waals surface area contributed by atoms with Gasteiger partial charge in [-0.1, -0.05) is 31.2 Å². The van der Waals surface area contributed by atoms with Gasteiger partial charge in [0.15, 0.2) is 0 Å². The van der Waals surface area contributed by atoms with Gasteiger partial charge in [0.1, 0.15) is 0 Å². The summed E-state index contributed by atoms with van der Waals surface area (Å²) in [6, 6.07) is 0. The summed E-state index contributed by atoms with van der Waals surface area (Å²) in [6.45, 7) is 6.15. The predicted octanol–water partition coefficient (Wildman–Crippen LogP) is 2.48. The fourth-order valence-corrected chi connectivity index (χ4v) is 0.715. The molecule has 1 nitrogen and oxygen atoms in total. The summed E-state index contributed by atoms with van der Waals surface area (Å²) in [4.78, 5) is 10.8. The van der Waals surface area contributed by atoms with Crippen molar-refractivity contribution in [2.24, 2.45) is 5.92 Å². The molecule has 0 amide bonds. The molecule has 0 spiro atoms. The molecule has 0 aliphatic heterocycles. The van der Waals surface area contributed by atoms with Crippen LogP contribution in [-0.4, -0.2) is 11.4 Å². The van der Waals surface area contributed by atoms with Crippen LogP contribution in [0, 0.1) is 5.92 Å². The third kappa shape index (κ3) is 3.72. The van der Waals surface area contributed by atoms with Crippen LogP contribution in [0.4, 0.5) is 0 Å². The molecule has 58 valence electrons. The molecule has 10 heavy (non-hydrogen) atoms. The van der Waals surface area contributed by atoms with Crippen LogP contribution in [-0.2, 0) is 4.79 Å². The lowest BCUT2D eigenvalue weighted by atomic mass is 10.1. The maximum atomic E-state index is 10.8. The average molecular weight is 158 g/mol. The quantitative estimate of drug-likeness (QED) is 0.574. The minimum atomic E-state index is 0.145. The summed E-state index contributed by atoms with van der Waals surface area (Å²) < 4.78 is 0. The Morgan fingerprint density at radius 3 is 2.30 bits per heavy atom. The van der Waals surface area contributed by atoms with E-state index in [9.17, 15) is 4.79 Å². The standard InChI is InChI=1S/C8H14OS/c1-6(2)7(3)5-8(9)10-4/h5-6H,1-4H3/b7-5+. The molecule has 0 radical (unpaired) electrons. The Hall–Kier alpha value is -0.240. The molecule has 0 unspecified atom stereocenters. The Morgan fingerprint density at radius 2 is 2.00 bits per heavy atom. The van der Waals surface area contributed by atoms with Gasteiger partial charge in [-0.25, -0.2) is 0 Å². The smallest absolute Gasteiger partial charge is 0.211 e. The Labute approximate surface area is 66.9 Å². The third-order valence-electron chi connectivity index (χ3n) is 1.46. The minimum Gasteiger partial charge on any atom is -0.282 e. The van der Waals surface area contributed by atoms with Crippen molar-refractivity contribution >= 4 is 16.9 Å². The highest BCUT2D eigenvalue weighted by Gasteiger charge is 1.98. The number of allylic oxidation sites excluding steroid dienone is 1. The maximum Gasteiger partial charge on any atom is 0.211 e. The lowest BCUT2D eigenvalue weighted by Gasteiger charge is -2.02. The lowest BCUT2D eigenvalue weighted by molar-refractivity contribution is -0.107. The van der Waals surface area contributed by atoms with Gasteiger partial charge in [-0.05, 0) is 25.2 Å². The zero-order chi connectivity index (χ0) is 8.15. The van der Waals surface area contributed by atoms with Crippen LogP contribution in [0.15, 0.2) is 11.6 Å². The van der Waals surface area contributed by atoms with Crippen molar-refractivity contribution in [3.05, 3.63) is 11.6 Å². The van der Waals surface area contributed by atoms with Gasteiger partial charge in [-0.3, -0.25) is 4.79 Å². The van der Waals surface area contributed by atoms with Crippen molar-refractivity contribution < 1.29 is 4.79 Å². The van der Waals surface area contributed by atoms with Gasteiger partial charge in [-0.15, -0.1) is 0 Å². The Kier molecular flexibility index (Phi) is 4.45. The van der Waals surface area contributed by atoms with Crippen LogP contribution < -0.4 is 0 Å². The highest BCUT2D eigenvalue weighted by atomic mass is 32.2. The van der Waals surface area contributed by atoms with E-state index in [-0.39, 0.29) is 5.12 Å². The molecule has 0 saturated heterocycles. The van der Waals surface area contributed by atoms with Gasteiger partial charge in [0, 0.05) is 0 Å². The largest absolute Gasteiger partial charge is 0.282 e. The zero-order valence-corrected chi connectivity index (χ0v) is 7.79. The fraction of sp³-hybridized carbons (Fsp3) is 0.625. The van der Waals surface area contributed by atoms with E-state index in [4.69, 9.17) is 0 Å².